The SMILES string of the molecule is COC(=O)CCC(=O)CN(C)c1cc(Cl)cc(Cl)c1. The lowest BCUT2D eigenvalue weighted by Gasteiger charge is -2.18. The number of Topliss-reactive ketones (excluding diaryl/α,β-unsaturated/α-hetero) is 1. The summed E-state index contributed by atoms with van der Waals surface area (Å²) in [6.07, 6.45) is 0.255. The summed E-state index contributed by atoms with van der Waals surface area (Å²) in [5.41, 5.74) is 0.754. The summed E-state index contributed by atoms with van der Waals surface area (Å²) >= 11 is 11.8. The number of ketones is 1. The van der Waals surface area contributed by atoms with Crippen molar-refractivity contribution >= 4 is 40.6 Å². The molecule has 0 aliphatic rings. The number of methoxy groups -OCH3 is 1. The van der Waals surface area contributed by atoms with E-state index in [1.807, 2.05) is 0 Å². The second-order valence-corrected chi connectivity index (χ2v) is 4.97. The van der Waals surface area contributed by atoms with E-state index in [0.717, 1.165) is 5.69 Å². The number of halogens is 2. The summed E-state index contributed by atoms with van der Waals surface area (Å²) in [5, 5.41) is 1.02. The van der Waals surface area contributed by atoms with Crippen molar-refractivity contribution in [3.63, 3.8) is 0 Å². The number of ether oxygens (including phenoxy) is 1. The number of anilines is 1. The van der Waals surface area contributed by atoms with E-state index in [-0.39, 0.29) is 31.1 Å². The molecule has 0 aliphatic carbocycles. The van der Waals surface area contributed by atoms with Gasteiger partial charge in [-0.3, -0.25) is 9.59 Å². The molecule has 4 nitrogen and oxygen atoms in total. The number of hydrogen-bond acceptors (Lipinski definition) is 4. The molecule has 0 spiro atoms. The topological polar surface area (TPSA) is 46.6 Å². The summed E-state index contributed by atoms with van der Waals surface area (Å²) in [6, 6.07) is 5.07. The Balaban J connectivity index is 2.56. The summed E-state index contributed by atoms with van der Waals surface area (Å²) in [4.78, 5) is 24.4. The lowest BCUT2D eigenvalue weighted by atomic mass is 10.2. The molecule has 0 N–H and O–H groups in total. The molecule has 0 radical (unpaired) electrons. The smallest absolute Gasteiger partial charge is 0.305 e. The lowest BCUT2D eigenvalue weighted by Crippen LogP contribution is -2.26. The molecule has 19 heavy (non-hydrogen) atoms. The Hall–Kier alpha value is -1.26. The van der Waals surface area contributed by atoms with E-state index >= 15 is 0 Å². The number of hydrogen-bond donors (Lipinski definition) is 0. The van der Waals surface area contributed by atoms with Crippen LogP contribution in [0.2, 0.25) is 10.0 Å². The Morgan fingerprint density at radius 3 is 2.26 bits per heavy atom. The first-order valence-electron chi connectivity index (χ1n) is 5.68. The molecular formula is C13H15Cl2NO3. The molecule has 0 saturated carbocycles. The molecule has 0 heterocycles. The summed E-state index contributed by atoms with van der Waals surface area (Å²) < 4.78 is 4.48. The van der Waals surface area contributed by atoms with Crippen molar-refractivity contribution in [1.82, 2.24) is 0 Å². The van der Waals surface area contributed by atoms with Gasteiger partial charge in [-0.15, -0.1) is 0 Å². The monoisotopic (exact) mass is 303 g/mol. The molecule has 0 bridgehead atoms. The third-order valence-corrected chi connectivity index (χ3v) is 2.97. The van der Waals surface area contributed by atoms with E-state index in [9.17, 15) is 9.59 Å². The van der Waals surface area contributed by atoms with Gasteiger partial charge in [0.25, 0.3) is 0 Å². The van der Waals surface area contributed by atoms with Crippen molar-refractivity contribution < 1.29 is 14.3 Å². The molecule has 1 aromatic carbocycles. The number of likely N-dealkylation sites (N-methyl/N-ethyl adjacent to an activating group) is 1. The van der Waals surface area contributed by atoms with Gasteiger partial charge in [-0.05, 0) is 18.2 Å². The minimum atomic E-state index is -0.387. The highest BCUT2D eigenvalue weighted by molar-refractivity contribution is 6.35. The zero-order valence-electron chi connectivity index (χ0n) is 10.8. The highest BCUT2D eigenvalue weighted by atomic mass is 35.5. The minimum absolute atomic E-state index is 0.0519. The predicted octanol–water partition coefficient (Wildman–Crippen LogP) is 2.95. The zero-order chi connectivity index (χ0) is 14.4. The summed E-state index contributed by atoms with van der Waals surface area (Å²) in [7, 11) is 3.06. The largest absolute Gasteiger partial charge is 0.469 e. The van der Waals surface area contributed by atoms with E-state index < -0.39 is 0 Å². The van der Waals surface area contributed by atoms with Crippen LogP contribution in [0.25, 0.3) is 0 Å². The second-order valence-electron chi connectivity index (χ2n) is 4.10. The standard InChI is InChI=1S/C13H15Cl2NO3/c1-16(8-12(17)3-4-13(18)19-2)11-6-9(14)5-10(15)7-11/h5-7H,3-4,8H2,1-2H3. The van der Waals surface area contributed by atoms with Crippen molar-refractivity contribution in [3.05, 3.63) is 28.2 Å². The number of carbonyl (C=O) groups is 2. The molecule has 0 aliphatic heterocycles. The summed E-state index contributed by atoms with van der Waals surface area (Å²) in [6.45, 7) is 0.188. The Bertz CT molecular complexity index is 457. The first-order chi connectivity index (χ1) is 8.92. The van der Waals surface area contributed by atoms with Gasteiger partial charge in [-0.2, -0.15) is 0 Å². The lowest BCUT2D eigenvalue weighted by molar-refractivity contribution is -0.141. The van der Waals surface area contributed by atoms with Crippen LogP contribution in [0.1, 0.15) is 12.8 Å². The molecule has 0 fully saturated rings. The maximum absolute atomic E-state index is 11.7. The van der Waals surface area contributed by atoms with E-state index in [4.69, 9.17) is 23.2 Å². The Labute approximate surface area is 122 Å². The van der Waals surface area contributed by atoms with Crippen molar-refractivity contribution in [2.24, 2.45) is 0 Å². The highest BCUT2D eigenvalue weighted by Crippen LogP contribution is 2.24. The third kappa shape index (κ3) is 5.49. The van der Waals surface area contributed by atoms with Gasteiger partial charge in [0.1, 0.15) is 0 Å². The van der Waals surface area contributed by atoms with Gasteiger partial charge in [0.05, 0.1) is 20.1 Å². The summed E-state index contributed by atoms with van der Waals surface area (Å²) in [5.74, 6) is -0.439. The van der Waals surface area contributed by atoms with Crippen LogP contribution < -0.4 is 4.90 Å². The van der Waals surface area contributed by atoms with E-state index in [1.54, 1.807) is 30.1 Å². The van der Waals surface area contributed by atoms with E-state index in [0.29, 0.717) is 10.0 Å². The number of esters is 1. The molecule has 1 rings (SSSR count). The number of nitrogens with zero attached hydrogens (tertiary/aromatic N) is 1. The Morgan fingerprint density at radius 2 is 1.74 bits per heavy atom. The second kappa shape index (κ2) is 7.36. The van der Waals surface area contributed by atoms with Crippen molar-refractivity contribution in [2.45, 2.75) is 12.8 Å². The van der Waals surface area contributed by atoms with Crippen LogP contribution in [0.15, 0.2) is 18.2 Å². The maximum atomic E-state index is 11.7. The van der Waals surface area contributed by atoms with Crippen LogP contribution in [-0.4, -0.2) is 32.5 Å². The average molecular weight is 304 g/mol. The number of benzene rings is 1. The van der Waals surface area contributed by atoms with Crippen LogP contribution >= 0.6 is 23.2 Å². The van der Waals surface area contributed by atoms with Gasteiger partial charge < -0.3 is 9.64 Å². The van der Waals surface area contributed by atoms with Gasteiger partial charge >= 0.3 is 5.97 Å². The highest BCUT2D eigenvalue weighted by Gasteiger charge is 2.11. The van der Waals surface area contributed by atoms with Gasteiger partial charge in [0, 0.05) is 29.2 Å². The van der Waals surface area contributed by atoms with E-state index in [2.05, 4.69) is 4.74 Å². The molecule has 6 heteroatoms. The molecule has 0 amide bonds. The minimum Gasteiger partial charge on any atom is -0.469 e. The molecular weight excluding hydrogens is 289 g/mol. The first-order valence-corrected chi connectivity index (χ1v) is 6.43. The molecule has 0 unspecified atom stereocenters. The van der Waals surface area contributed by atoms with Crippen LogP contribution in [0.4, 0.5) is 5.69 Å². The molecule has 0 saturated heterocycles. The Kier molecular flexibility index (Phi) is 6.12. The number of rotatable bonds is 6. The van der Waals surface area contributed by atoms with Crippen molar-refractivity contribution in [2.75, 3.05) is 25.6 Å². The molecule has 104 valence electrons. The van der Waals surface area contributed by atoms with Crippen LogP contribution in [-0.2, 0) is 14.3 Å². The Morgan fingerprint density at radius 1 is 1.16 bits per heavy atom. The van der Waals surface area contributed by atoms with E-state index in [1.165, 1.54) is 7.11 Å². The predicted molar refractivity (Wildman–Crippen MR) is 76.0 cm³/mol. The zero-order valence-corrected chi connectivity index (χ0v) is 12.3. The fourth-order valence-corrected chi connectivity index (χ4v) is 2.05. The molecule has 0 atom stereocenters. The van der Waals surface area contributed by atoms with Gasteiger partial charge in [-0.25, -0.2) is 0 Å². The molecule has 0 aromatic heterocycles. The van der Waals surface area contributed by atoms with Crippen LogP contribution in [0, 0.1) is 0 Å². The quantitative estimate of drug-likeness (QED) is 0.758. The number of carbonyl (C=O) groups excluding carboxylic acids is 2. The normalized spacial score (nSPS) is 10.1. The third-order valence-electron chi connectivity index (χ3n) is 2.54. The van der Waals surface area contributed by atoms with Crippen LogP contribution in [0.3, 0.4) is 0 Å². The average Bonchev–Trinajstić information content (AvgIpc) is 2.34. The fraction of sp³-hybridized carbons (Fsp3) is 0.385. The molecule has 1 aromatic rings. The van der Waals surface area contributed by atoms with Crippen LogP contribution in [0.5, 0.6) is 0 Å². The first kappa shape index (κ1) is 15.8. The van der Waals surface area contributed by atoms with Crippen molar-refractivity contribution in [3.8, 4) is 0 Å². The maximum Gasteiger partial charge on any atom is 0.305 e. The van der Waals surface area contributed by atoms with Gasteiger partial charge in [-0.1, -0.05) is 23.2 Å². The van der Waals surface area contributed by atoms with Crippen molar-refractivity contribution in [1.29, 1.82) is 0 Å². The van der Waals surface area contributed by atoms with Gasteiger partial charge in [0.15, 0.2) is 5.78 Å². The van der Waals surface area contributed by atoms with Gasteiger partial charge in [0.2, 0.25) is 0 Å². The fourth-order valence-electron chi connectivity index (χ4n) is 1.54.